The topological polar surface area (TPSA) is 37.3 Å². The molecule has 0 heterocycles. The lowest BCUT2D eigenvalue weighted by molar-refractivity contribution is -0.138. The van der Waals surface area contributed by atoms with Gasteiger partial charge in [0.05, 0.1) is 0 Å². The Morgan fingerprint density at radius 2 is 2.15 bits per heavy atom. The van der Waals surface area contributed by atoms with Crippen molar-refractivity contribution < 1.29 is 9.90 Å². The van der Waals surface area contributed by atoms with Crippen LogP contribution in [-0.2, 0) is 4.79 Å². The minimum absolute atomic E-state index is 0.392. The fourth-order valence-electron chi connectivity index (χ4n) is 3.52. The van der Waals surface area contributed by atoms with Gasteiger partial charge in [0.2, 0.25) is 0 Å². The lowest BCUT2D eigenvalue weighted by Gasteiger charge is -2.21. The molecular weight excluding hydrogens is 164 g/mol. The summed E-state index contributed by atoms with van der Waals surface area (Å²) < 4.78 is 0. The second kappa shape index (κ2) is 2.49. The molecule has 1 spiro atoms. The van der Waals surface area contributed by atoms with E-state index < -0.39 is 5.97 Å². The van der Waals surface area contributed by atoms with Crippen LogP contribution in [0.2, 0.25) is 0 Å². The van der Waals surface area contributed by atoms with Crippen molar-refractivity contribution in [1.29, 1.82) is 0 Å². The molecule has 2 saturated carbocycles. The highest BCUT2D eigenvalue weighted by atomic mass is 16.4. The van der Waals surface area contributed by atoms with Crippen LogP contribution in [0.25, 0.3) is 0 Å². The maximum Gasteiger partial charge on any atom is 0.303 e. The average Bonchev–Trinajstić information content (AvgIpc) is 2.36. The molecule has 13 heavy (non-hydrogen) atoms. The number of hydrogen-bond acceptors (Lipinski definition) is 1. The molecular formula is C11H18O2. The standard InChI is InChI=1S/C11H18O2/c1-10(2)7-11(10)5-3-4-8(11)6-9(12)13/h8H,3-7H2,1-2H3,(H,12,13). The largest absolute Gasteiger partial charge is 0.481 e. The molecule has 2 unspecified atom stereocenters. The van der Waals surface area contributed by atoms with Gasteiger partial charge in [-0.1, -0.05) is 20.3 Å². The summed E-state index contributed by atoms with van der Waals surface area (Å²) in [7, 11) is 0. The van der Waals surface area contributed by atoms with Crippen LogP contribution in [0.15, 0.2) is 0 Å². The van der Waals surface area contributed by atoms with Gasteiger partial charge >= 0.3 is 5.97 Å². The highest BCUT2D eigenvalue weighted by molar-refractivity contribution is 5.67. The first-order chi connectivity index (χ1) is 5.98. The van der Waals surface area contributed by atoms with Crippen molar-refractivity contribution >= 4 is 5.97 Å². The quantitative estimate of drug-likeness (QED) is 0.713. The summed E-state index contributed by atoms with van der Waals surface area (Å²) in [6, 6.07) is 0. The van der Waals surface area contributed by atoms with Gasteiger partial charge in [-0.15, -0.1) is 0 Å². The molecule has 2 nitrogen and oxygen atoms in total. The third-order valence-corrected chi connectivity index (χ3v) is 4.36. The molecule has 2 aliphatic carbocycles. The predicted molar refractivity (Wildman–Crippen MR) is 50.4 cm³/mol. The van der Waals surface area contributed by atoms with E-state index in [1.54, 1.807) is 0 Å². The molecule has 0 aliphatic heterocycles. The summed E-state index contributed by atoms with van der Waals surface area (Å²) in [5.41, 5.74) is 0.828. The number of rotatable bonds is 2. The van der Waals surface area contributed by atoms with Crippen LogP contribution in [0.4, 0.5) is 0 Å². The summed E-state index contributed by atoms with van der Waals surface area (Å²) >= 11 is 0. The lowest BCUT2D eigenvalue weighted by atomic mass is 9.83. The second-order valence-electron chi connectivity index (χ2n) is 5.40. The van der Waals surface area contributed by atoms with E-state index in [-0.39, 0.29) is 0 Å². The van der Waals surface area contributed by atoms with E-state index in [4.69, 9.17) is 5.11 Å². The molecule has 1 N–H and O–H groups in total. The molecule has 0 aromatic rings. The summed E-state index contributed by atoms with van der Waals surface area (Å²) in [5, 5.41) is 8.80. The van der Waals surface area contributed by atoms with Crippen LogP contribution in [0, 0.1) is 16.7 Å². The van der Waals surface area contributed by atoms with E-state index in [1.165, 1.54) is 19.3 Å². The summed E-state index contributed by atoms with van der Waals surface area (Å²) in [6.07, 6.45) is 5.27. The Labute approximate surface area is 79.3 Å². The summed E-state index contributed by atoms with van der Waals surface area (Å²) in [5.74, 6) is -0.158. The van der Waals surface area contributed by atoms with Crippen LogP contribution in [0.1, 0.15) is 46.0 Å². The van der Waals surface area contributed by atoms with E-state index in [0.29, 0.717) is 23.2 Å². The normalized spacial score (nSPS) is 40.9. The zero-order valence-corrected chi connectivity index (χ0v) is 8.47. The SMILES string of the molecule is CC1(C)CC12CCCC2CC(=O)O. The molecule has 2 atom stereocenters. The third-order valence-electron chi connectivity index (χ3n) is 4.36. The Balaban J connectivity index is 2.09. The van der Waals surface area contributed by atoms with Gasteiger partial charge in [-0.25, -0.2) is 0 Å². The smallest absolute Gasteiger partial charge is 0.303 e. The van der Waals surface area contributed by atoms with Gasteiger partial charge in [-0.3, -0.25) is 4.79 Å². The second-order valence-corrected chi connectivity index (χ2v) is 5.40. The van der Waals surface area contributed by atoms with E-state index >= 15 is 0 Å². The van der Waals surface area contributed by atoms with E-state index in [0.717, 1.165) is 6.42 Å². The fourth-order valence-corrected chi connectivity index (χ4v) is 3.52. The Kier molecular flexibility index (Phi) is 1.73. The van der Waals surface area contributed by atoms with E-state index in [1.807, 2.05) is 0 Å². The molecule has 0 radical (unpaired) electrons. The number of carboxylic acid groups (broad SMARTS) is 1. The van der Waals surface area contributed by atoms with Crippen molar-refractivity contribution in [2.24, 2.45) is 16.7 Å². The number of aliphatic carboxylic acids is 1. The van der Waals surface area contributed by atoms with Gasteiger partial charge in [-0.05, 0) is 36.0 Å². The van der Waals surface area contributed by atoms with Crippen LogP contribution in [0.3, 0.4) is 0 Å². The van der Waals surface area contributed by atoms with Crippen LogP contribution in [0.5, 0.6) is 0 Å². The zero-order valence-electron chi connectivity index (χ0n) is 8.47. The zero-order chi connectivity index (χ0) is 9.69. The molecule has 0 aromatic carbocycles. The average molecular weight is 182 g/mol. The third kappa shape index (κ3) is 1.18. The Morgan fingerprint density at radius 1 is 1.54 bits per heavy atom. The lowest BCUT2D eigenvalue weighted by Crippen LogP contribution is -2.18. The highest BCUT2D eigenvalue weighted by Crippen LogP contribution is 2.74. The molecule has 2 heteroatoms. The van der Waals surface area contributed by atoms with Crippen molar-refractivity contribution in [3.05, 3.63) is 0 Å². The Bertz CT molecular complexity index is 240. The van der Waals surface area contributed by atoms with Crippen molar-refractivity contribution in [2.45, 2.75) is 46.0 Å². The molecule has 0 saturated heterocycles. The molecule has 2 fully saturated rings. The maximum atomic E-state index is 10.7. The van der Waals surface area contributed by atoms with Gasteiger partial charge < -0.3 is 5.11 Å². The van der Waals surface area contributed by atoms with Gasteiger partial charge in [0, 0.05) is 6.42 Å². The monoisotopic (exact) mass is 182 g/mol. The van der Waals surface area contributed by atoms with Crippen LogP contribution >= 0.6 is 0 Å². The van der Waals surface area contributed by atoms with Crippen molar-refractivity contribution in [2.75, 3.05) is 0 Å². The Morgan fingerprint density at radius 3 is 2.62 bits per heavy atom. The van der Waals surface area contributed by atoms with Gasteiger partial charge in [0.1, 0.15) is 0 Å². The summed E-state index contributed by atoms with van der Waals surface area (Å²) in [6.45, 7) is 4.57. The molecule has 0 bridgehead atoms. The molecule has 2 rings (SSSR count). The van der Waals surface area contributed by atoms with Gasteiger partial charge in [0.15, 0.2) is 0 Å². The van der Waals surface area contributed by atoms with Crippen molar-refractivity contribution in [1.82, 2.24) is 0 Å². The van der Waals surface area contributed by atoms with Gasteiger partial charge in [0.25, 0.3) is 0 Å². The first-order valence-corrected chi connectivity index (χ1v) is 5.20. The van der Waals surface area contributed by atoms with Crippen molar-refractivity contribution in [3.8, 4) is 0 Å². The minimum Gasteiger partial charge on any atom is -0.481 e. The van der Waals surface area contributed by atoms with Gasteiger partial charge in [-0.2, -0.15) is 0 Å². The van der Waals surface area contributed by atoms with E-state index in [9.17, 15) is 4.79 Å². The fraction of sp³-hybridized carbons (Fsp3) is 0.909. The Hall–Kier alpha value is -0.530. The van der Waals surface area contributed by atoms with Crippen LogP contribution < -0.4 is 0 Å². The van der Waals surface area contributed by atoms with Crippen LogP contribution in [-0.4, -0.2) is 11.1 Å². The minimum atomic E-state index is -0.617. The number of carbonyl (C=O) groups is 1. The number of hydrogen-bond donors (Lipinski definition) is 1. The summed E-state index contributed by atoms with van der Waals surface area (Å²) in [4.78, 5) is 10.7. The molecule has 2 aliphatic rings. The predicted octanol–water partition coefficient (Wildman–Crippen LogP) is 2.68. The number of carboxylic acids is 1. The molecule has 0 amide bonds. The van der Waals surface area contributed by atoms with Crippen molar-refractivity contribution in [3.63, 3.8) is 0 Å². The highest BCUT2D eigenvalue weighted by Gasteiger charge is 2.65. The first kappa shape index (κ1) is 9.04. The molecule has 74 valence electrons. The first-order valence-electron chi connectivity index (χ1n) is 5.20. The molecule has 0 aromatic heterocycles. The van der Waals surface area contributed by atoms with E-state index in [2.05, 4.69) is 13.8 Å². The maximum absolute atomic E-state index is 10.7.